The molecule has 28 heavy (non-hydrogen) atoms. The van der Waals surface area contributed by atoms with Gasteiger partial charge in [-0.3, -0.25) is 0 Å². The molecule has 0 bridgehead atoms. The number of ether oxygens (including phenoxy) is 1. The number of rotatable bonds is 7. The maximum Gasteiger partial charge on any atom is 0.141 e. The zero-order chi connectivity index (χ0) is 19.3. The summed E-state index contributed by atoms with van der Waals surface area (Å²) in [7, 11) is 0. The Morgan fingerprint density at radius 2 is 1.46 bits per heavy atom. The topological polar surface area (TPSA) is 27.1 Å². The third kappa shape index (κ3) is 4.32. The Morgan fingerprint density at radius 1 is 0.786 bits per heavy atom. The number of halogens is 2. The molecule has 3 aromatic carbocycles. The first-order valence-corrected chi connectivity index (χ1v) is 10.1. The zero-order valence-electron chi connectivity index (χ0n) is 15.3. The summed E-state index contributed by atoms with van der Waals surface area (Å²) in [6.07, 6.45) is 1.95. The van der Waals surface area contributed by atoms with Crippen molar-refractivity contribution in [3.8, 4) is 17.1 Å². The second kappa shape index (κ2) is 8.68. The largest absolute Gasteiger partial charge is 0.494 e. The quantitative estimate of drug-likeness (QED) is 0.310. The van der Waals surface area contributed by atoms with Gasteiger partial charge in [0.15, 0.2) is 0 Å². The van der Waals surface area contributed by atoms with Crippen LogP contribution in [0.1, 0.15) is 12.8 Å². The summed E-state index contributed by atoms with van der Waals surface area (Å²) < 4.78 is 8.08. The molecule has 0 aliphatic carbocycles. The minimum Gasteiger partial charge on any atom is -0.494 e. The zero-order valence-corrected chi connectivity index (χ0v) is 16.8. The van der Waals surface area contributed by atoms with E-state index in [2.05, 4.69) is 22.8 Å². The normalized spacial score (nSPS) is 11.1. The fourth-order valence-electron chi connectivity index (χ4n) is 3.21. The number of hydrogen-bond acceptors (Lipinski definition) is 2. The Labute approximate surface area is 174 Å². The lowest BCUT2D eigenvalue weighted by molar-refractivity contribution is 0.303. The van der Waals surface area contributed by atoms with Crippen molar-refractivity contribution in [2.24, 2.45) is 0 Å². The SMILES string of the molecule is Clc1ccc(OCCCCn2c(-c3ccc(Cl)cc3)nc3ccccc32)cc1. The van der Waals surface area contributed by atoms with E-state index >= 15 is 0 Å². The smallest absolute Gasteiger partial charge is 0.141 e. The van der Waals surface area contributed by atoms with Crippen LogP contribution in [0.25, 0.3) is 22.4 Å². The molecule has 0 N–H and O–H groups in total. The van der Waals surface area contributed by atoms with Gasteiger partial charge in [-0.25, -0.2) is 4.98 Å². The summed E-state index contributed by atoms with van der Waals surface area (Å²) in [6.45, 7) is 1.55. The van der Waals surface area contributed by atoms with Gasteiger partial charge in [0.05, 0.1) is 17.6 Å². The molecule has 4 rings (SSSR count). The predicted octanol–water partition coefficient (Wildman–Crippen LogP) is 6.87. The summed E-state index contributed by atoms with van der Waals surface area (Å²) in [5.74, 6) is 1.82. The van der Waals surface area contributed by atoms with Crippen LogP contribution in [0.15, 0.2) is 72.8 Å². The molecule has 5 heteroatoms. The third-order valence-corrected chi connectivity index (χ3v) is 5.12. The van der Waals surface area contributed by atoms with E-state index in [1.165, 1.54) is 0 Å². The fourth-order valence-corrected chi connectivity index (χ4v) is 3.47. The maximum absolute atomic E-state index is 6.05. The van der Waals surface area contributed by atoms with Gasteiger partial charge in [0.1, 0.15) is 11.6 Å². The molecule has 0 aliphatic rings. The molecule has 142 valence electrons. The molecule has 3 nitrogen and oxygen atoms in total. The van der Waals surface area contributed by atoms with Crippen molar-refractivity contribution in [2.45, 2.75) is 19.4 Å². The molecule has 0 saturated heterocycles. The van der Waals surface area contributed by atoms with Gasteiger partial charge in [-0.05, 0) is 73.5 Å². The standard InChI is InChI=1S/C23H20Cl2N2O/c24-18-9-7-17(8-10-18)23-26-21-5-1-2-6-22(21)27(23)15-3-4-16-28-20-13-11-19(25)12-14-20/h1-2,5-14H,3-4,15-16H2. The van der Waals surface area contributed by atoms with Gasteiger partial charge in [0.2, 0.25) is 0 Å². The summed E-state index contributed by atoms with van der Waals surface area (Å²) in [5.41, 5.74) is 3.22. The Bertz CT molecular complexity index is 1060. The summed E-state index contributed by atoms with van der Waals surface area (Å²) >= 11 is 11.9. The molecule has 0 fully saturated rings. The minimum absolute atomic E-state index is 0.671. The maximum atomic E-state index is 6.05. The number of fused-ring (bicyclic) bond motifs is 1. The average Bonchev–Trinajstić information content (AvgIpc) is 3.08. The van der Waals surface area contributed by atoms with Crippen LogP contribution in [-0.2, 0) is 6.54 Å². The highest BCUT2D eigenvalue weighted by atomic mass is 35.5. The van der Waals surface area contributed by atoms with Gasteiger partial charge in [-0.1, -0.05) is 35.3 Å². The highest BCUT2D eigenvalue weighted by Gasteiger charge is 2.12. The number of unbranched alkanes of at least 4 members (excludes halogenated alkanes) is 1. The van der Waals surface area contributed by atoms with Crippen LogP contribution in [0.4, 0.5) is 0 Å². The lowest BCUT2D eigenvalue weighted by atomic mass is 10.2. The van der Waals surface area contributed by atoms with Crippen LogP contribution in [-0.4, -0.2) is 16.2 Å². The highest BCUT2D eigenvalue weighted by molar-refractivity contribution is 6.30. The van der Waals surface area contributed by atoms with E-state index in [1.54, 1.807) is 0 Å². The second-order valence-electron chi connectivity index (χ2n) is 6.59. The van der Waals surface area contributed by atoms with E-state index in [4.69, 9.17) is 32.9 Å². The molecular formula is C23H20Cl2N2O. The van der Waals surface area contributed by atoms with E-state index in [0.717, 1.165) is 52.6 Å². The summed E-state index contributed by atoms with van der Waals surface area (Å²) in [6, 6.07) is 23.5. The lowest BCUT2D eigenvalue weighted by Gasteiger charge is -2.10. The molecule has 1 aromatic heterocycles. The molecule has 0 saturated carbocycles. The first-order chi connectivity index (χ1) is 13.7. The van der Waals surface area contributed by atoms with Crippen molar-refractivity contribution in [2.75, 3.05) is 6.61 Å². The Balaban J connectivity index is 1.45. The number of aryl methyl sites for hydroxylation is 1. The Kier molecular flexibility index (Phi) is 5.84. The molecule has 0 aliphatic heterocycles. The van der Waals surface area contributed by atoms with Gasteiger partial charge < -0.3 is 9.30 Å². The summed E-state index contributed by atoms with van der Waals surface area (Å²) in [4.78, 5) is 4.84. The van der Waals surface area contributed by atoms with E-state index < -0.39 is 0 Å². The van der Waals surface area contributed by atoms with E-state index in [9.17, 15) is 0 Å². The fraction of sp³-hybridized carbons (Fsp3) is 0.174. The molecule has 4 aromatic rings. The van der Waals surface area contributed by atoms with Crippen LogP contribution in [0.3, 0.4) is 0 Å². The van der Waals surface area contributed by atoms with Gasteiger partial charge in [0, 0.05) is 22.2 Å². The Morgan fingerprint density at radius 3 is 2.21 bits per heavy atom. The Hall–Kier alpha value is -2.49. The van der Waals surface area contributed by atoms with Crippen molar-refractivity contribution in [1.29, 1.82) is 0 Å². The number of hydrogen-bond donors (Lipinski definition) is 0. The van der Waals surface area contributed by atoms with Crippen molar-refractivity contribution in [3.05, 3.63) is 82.8 Å². The van der Waals surface area contributed by atoms with Crippen molar-refractivity contribution < 1.29 is 4.74 Å². The first kappa shape index (κ1) is 18.9. The van der Waals surface area contributed by atoms with Crippen molar-refractivity contribution in [1.82, 2.24) is 9.55 Å². The molecule has 0 unspecified atom stereocenters. The average molecular weight is 411 g/mol. The monoisotopic (exact) mass is 410 g/mol. The van der Waals surface area contributed by atoms with E-state index in [0.29, 0.717) is 11.6 Å². The van der Waals surface area contributed by atoms with Gasteiger partial charge in [-0.2, -0.15) is 0 Å². The third-order valence-electron chi connectivity index (χ3n) is 4.62. The van der Waals surface area contributed by atoms with Crippen LogP contribution in [0.2, 0.25) is 10.0 Å². The van der Waals surface area contributed by atoms with Crippen LogP contribution in [0, 0.1) is 0 Å². The minimum atomic E-state index is 0.671. The molecule has 0 atom stereocenters. The van der Waals surface area contributed by atoms with Crippen LogP contribution >= 0.6 is 23.2 Å². The highest BCUT2D eigenvalue weighted by Crippen LogP contribution is 2.26. The predicted molar refractivity (Wildman–Crippen MR) is 116 cm³/mol. The molecule has 0 amide bonds. The van der Waals surface area contributed by atoms with Gasteiger partial charge in [-0.15, -0.1) is 0 Å². The van der Waals surface area contributed by atoms with Gasteiger partial charge in [0.25, 0.3) is 0 Å². The summed E-state index contributed by atoms with van der Waals surface area (Å²) in [5, 5.41) is 1.44. The number of imidazole rings is 1. The molecular weight excluding hydrogens is 391 g/mol. The van der Waals surface area contributed by atoms with E-state index in [-0.39, 0.29) is 0 Å². The van der Waals surface area contributed by atoms with Crippen molar-refractivity contribution in [3.63, 3.8) is 0 Å². The second-order valence-corrected chi connectivity index (χ2v) is 7.47. The molecule has 1 heterocycles. The molecule has 0 radical (unpaired) electrons. The number of benzene rings is 3. The number of para-hydroxylation sites is 2. The van der Waals surface area contributed by atoms with Crippen molar-refractivity contribution >= 4 is 34.2 Å². The van der Waals surface area contributed by atoms with Gasteiger partial charge >= 0.3 is 0 Å². The van der Waals surface area contributed by atoms with E-state index in [1.807, 2.05) is 54.6 Å². The molecule has 0 spiro atoms. The number of nitrogens with zero attached hydrogens (tertiary/aromatic N) is 2. The lowest BCUT2D eigenvalue weighted by Crippen LogP contribution is -2.04. The first-order valence-electron chi connectivity index (χ1n) is 9.30. The number of aromatic nitrogens is 2. The van der Waals surface area contributed by atoms with Crippen LogP contribution < -0.4 is 4.74 Å². The van der Waals surface area contributed by atoms with Crippen LogP contribution in [0.5, 0.6) is 5.75 Å².